The van der Waals surface area contributed by atoms with E-state index in [4.69, 9.17) is 32.7 Å². The first-order valence-corrected chi connectivity index (χ1v) is 12.6. The van der Waals surface area contributed by atoms with Crippen LogP contribution in [-0.4, -0.2) is 36.1 Å². The normalized spacial score (nSPS) is 12.8. The Kier molecular flexibility index (Phi) is 8.73. The summed E-state index contributed by atoms with van der Waals surface area (Å²) in [5.74, 6) is 0.972. The zero-order chi connectivity index (χ0) is 25.5. The summed E-state index contributed by atoms with van der Waals surface area (Å²) in [6.45, 7) is 2.62. The molecule has 0 spiro atoms. The Balaban J connectivity index is 1.62. The summed E-state index contributed by atoms with van der Waals surface area (Å²) in [4.78, 5) is 28.6. The fourth-order valence-electron chi connectivity index (χ4n) is 4.19. The molecule has 1 atom stereocenters. The molecular weight excluding hydrogens is 499 g/mol. The number of nitrogens with one attached hydrogen (secondary N) is 1. The Labute approximate surface area is 221 Å². The van der Waals surface area contributed by atoms with Gasteiger partial charge in [-0.15, -0.1) is 0 Å². The Morgan fingerprint density at radius 1 is 0.944 bits per heavy atom. The highest BCUT2D eigenvalue weighted by atomic mass is 35.5. The van der Waals surface area contributed by atoms with Gasteiger partial charge in [0.1, 0.15) is 6.04 Å². The van der Waals surface area contributed by atoms with Crippen LogP contribution in [0.4, 0.5) is 0 Å². The monoisotopic (exact) mass is 526 g/mol. The molecule has 1 aliphatic heterocycles. The summed E-state index contributed by atoms with van der Waals surface area (Å²) in [7, 11) is 0. The van der Waals surface area contributed by atoms with Crippen LogP contribution in [0.2, 0.25) is 10.0 Å². The van der Waals surface area contributed by atoms with E-state index < -0.39 is 6.04 Å². The molecule has 0 aromatic heterocycles. The Bertz CT molecular complexity index is 1200. The summed E-state index contributed by atoms with van der Waals surface area (Å²) >= 11 is 12.9. The van der Waals surface area contributed by atoms with E-state index in [-0.39, 0.29) is 31.6 Å². The van der Waals surface area contributed by atoms with E-state index in [1.54, 1.807) is 23.1 Å². The highest BCUT2D eigenvalue weighted by molar-refractivity contribution is 6.36. The first kappa shape index (κ1) is 25.9. The molecule has 3 aromatic carbocycles. The van der Waals surface area contributed by atoms with Gasteiger partial charge in [0, 0.05) is 41.5 Å². The van der Waals surface area contributed by atoms with E-state index in [0.717, 1.165) is 11.1 Å². The van der Waals surface area contributed by atoms with Gasteiger partial charge >= 0.3 is 0 Å². The van der Waals surface area contributed by atoms with E-state index in [1.165, 1.54) is 0 Å². The van der Waals surface area contributed by atoms with Gasteiger partial charge in [-0.2, -0.15) is 0 Å². The predicted molar refractivity (Wildman–Crippen MR) is 141 cm³/mol. The van der Waals surface area contributed by atoms with Crippen molar-refractivity contribution in [1.29, 1.82) is 0 Å². The van der Waals surface area contributed by atoms with Gasteiger partial charge in [-0.1, -0.05) is 65.7 Å². The second-order valence-corrected chi connectivity index (χ2v) is 9.32. The lowest BCUT2D eigenvalue weighted by Gasteiger charge is -2.32. The minimum absolute atomic E-state index is 0.118. The van der Waals surface area contributed by atoms with Crippen LogP contribution in [0.1, 0.15) is 30.0 Å². The van der Waals surface area contributed by atoms with Gasteiger partial charge in [0.05, 0.1) is 0 Å². The highest BCUT2D eigenvalue weighted by Gasteiger charge is 2.31. The number of carbonyl (C=O) groups is 2. The second-order valence-electron chi connectivity index (χ2n) is 8.51. The zero-order valence-electron chi connectivity index (χ0n) is 20.0. The quantitative estimate of drug-likeness (QED) is 0.382. The number of nitrogens with zero attached hydrogens (tertiary/aromatic N) is 1. The van der Waals surface area contributed by atoms with Crippen molar-refractivity contribution >= 4 is 35.0 Å². The van der Waals surface area contributed by atoms with E-state index in [0.29, 0.717) is 46.5 Å². The molecular formula is C28H28Cl2N2O4. The van der Waals surface area contributed by atoms with Crippen molar-refractivity contribution < 1.29 is 19.1 Å². The Hall–Kier alpha value is -3.22. The second kappa shape index (κ2) is 12.2. The number of benzene rings is 3. The number of likely N-dealkylation sites (N-methyl/N-ethyl adjacent to an activating group) is 1. The molecule has 188 valence electrons. The molecule has 0 unspecified atom stereocenters. The fraction of sp³-hybridized carbons (Fsp3) is 0.286. The number of halogens is 2. The largest absolute Gasteiger partial charge is 0.454 e. The van der Waals surface area contributed by atoms with Crippen molar-refractivity contribution in [1.82, 2.24) is 10.2 Å². The molecule has 1 N–H and O–H groups in total. The highest BCUT2D eigenvalue weighted by Crippen LogP contribution is 2.33. The maximum absolute atomic E-state index is 13.7. The van der Waals surface area contributed by atoms with Crippen LogP contribution in [0.5, 0.6) is 11.5 Å². The third kappa shape index (κ3) is 6.31. The topological polar surface area (TPSA) is 67.9 Å². The van der Waals surface area contributed by atoms with E-state index >= 15 is 0 Å². The van der Waals surface area contributed by atoms with E-state index in [2.05, 4.69) is 5.32 Å². The molecule has 0 saturated carbocycles. The lowest BCUT2D eigenvalue weighted by atomic mass is 10.0. The molecule has 8 heteroatoms. The first-order chi connectivity index (χ1) is 17.5. The fourth-order valence-corrected chi connectivity index (χ4v) is 4.71. The van der Waals surface area contributed by atoms with Crippen molar-refractivity contribution in [2.24, 2.45) is 0 Å². The zero-order valence-corrected chi connectivity index (χ0v) is 21.5. The van der Waals surface area contributed by atoms with E-state index in [9.17, 15) is 9.59 Å². The SMILES string of the molecule is CCNC(=O)[C@H](Cc1ccccc1)N(Cc1c(Cl)cccc1Cl)C(=O)CCc1ccc2c(c1)OCO2. The summed E-state index contributed by atoms with van der Waals surface area (Å²) < 4.78 is 10.8. The number of carbonyl (C=O) groups excluding carboxylic acids is 2. The van der Waals surface area contributed by atoms with Crippen molar-refractivity contribution in [3.63, 3.8) is 0 Å². The maximum atomic E-state index is 13.7. The number of hydrogen-bond donors (Lipinski definition) is 1. The third-order valence-electron chi connectivity index (χ3n) is 6.08. The molecule has 0 radical (unpaired) electrons. The molecule has 0 bridgehead atoms. The molecule has 2 amide bonds. The van der Waals surface area contributed by atoms with Gasteiger partial charge in [-0.25, -0.2) is 0 Å². The summed E-state index contributed by atoms with van der Waals surface area (Å²) in [6.07, 6.45) is 1.05. The summed E-state index contributed by atoms with van der Waals surface area (Å²) in [6, 6.07) is 19.8. The average molecular weight is 527 g/mol. The number of ether oxygens (including phenoxy) is 2. The number of fused-ring (bicyclic) bond motifs is 1. The van der Waals surface area contributed by atoms with Crippen LogP contribution in [0.15, 0.2) is 66.7 Å². The molecule has 0 saturated heterocycles. The Morgan fingerprint density at radius 3 is 2.39 bits per heavy atom. The van der Waals surface area contributed by atoms with Crippen LogP contribution < -0.4 is 14.8 Å². The van der Waals surface area contributed by atoms with Crippen molar-refractivity contribution in [3.8, 4) is 11.5 Å². The van der Waals surface area contributed by atoms with Crippen LogP contribution in [0.25, 0.3) is 0 Å². The minimum Gasteiger partial charge on any atom is -0.454 e. The minimum atomic E-state index is -0.732. The average Bonchev–Trinajstić information content (AvgIpc) is 3.35. The number of rotatable bonds is 10. The lowest BCUT2D eigenvalue weighted by molar-refractivity contribution is -0.141. The maximum Gasteiger partial charge on any atom is 0.243 e. The summed E-state index contributed by atoms with van der Waals surface area (Å²) in [5.41, 5.74) is 2.51. The molecule has 3 aromatic rings. The van der Waals surface area contributed by atoms with Gasteiger partial charge in [-0.05, 0) is 48.7 Å². The van der Waals surface area contributed by atoms with Crippen LogP contribution >= 0.6 is 23.2 Å². The van der Waals surface area contributed by atoms with Gasteiger partial charge in [0.15, 0.2) is 11.5 Å². The number of amides is 2. The summed E-state index contributed by atoms with van der Waals surface area (Å²) in [5, 5.41) is 3.79. The standard InChI is InChI=1S/C28H28Cl2N2O4/c1-2-31-28(34)24(15-19-7-4-3-5-8-19)32(17-21-22(29)9-6-10-23(21)30)27(33)14-12-20-11-13-25-26(16-20)36-18-35-25/h3-11,13,16,24H,2,12,14-15,17-18H2,1H3,(H,31,34)/t24-/m0/s1. The van der Waals surface area contributed by atoms with Crippen molar-refractivity contribution in [2.45, 2.75) is 38.8 Å². The molecule has 1 aliphatic rings. The van der Waals surface area contributed by atoms with Crippen LogP contribution in [0, 0.1) is 0 Å². The number of hydrogen-bond acceptors (Lipinski definition) is 4. The van der Waals surface area contributed by atoms with Gasteiger partial charge in [-0.3, -0.25) is 9.59 Å². The van der Waals surface area contributed by atoms with Crippen LogP contribution in [-0.2, 0) is 29.0 Å². The van der Waals surface area contributed by atoms with Crippen molar-refractivity contribution in [3.05, 3.63) is 93.5 Å². The molecule has 4 rings (SSSR count). The Morgan fingerprint density at radius 2 is 1.67 bits per heavy atom. The predicted octanol–water partition coefficient (Wildman–Crippen LogP) is 5.43. The molecule has 0 fully saturated rings. The first-order valence-electron chi connectivity index (χ1n) is 11.9. The lowest BCUT2D eigenvalue weighted by Crippen LogP contribution is -2.50. The molecule has 36 heavy (non-hydrogen) atoms. The smallest absolute Gasteiger partial charge is 0.243 e. The van der Waals surface area contributed by atoms with Gasteiger partial charge < -0.3 is 19.7 Å². The van der Waals surface area contributed by atoms with Gasteiger partial charge in [0.2, 0.25) is 18.6 Å². The third-order valence-corrected chi connectivity index (χ3v) is 6.78. The molecule has 0 aliphatic carbocycles. The van der Waals surface area contributed by atoms with E-state index in [1.807, 2.05) is 55.5 Å². The van der Waals surface area contributed by atoms with Gasteiger partial charge in [0.25, 0.3) is 0 Å². The number of aryl methyl sites for hydroxylation is 1. The molecule has 1 heterocycles. The molecule has 6 nitrogen and oxygen atoms in total. The van der Waals surface area contributed by atoms with Crippen LogP contribution in [0.3, 0.4) is 0 Å². The van der Waals surface area contributed by atoms with Crippen molar-refractivity contribution in [2.75, 3.05) is 13.3 Å².